The van der Waals surface area contributed by atoms with Crippen LogP contribution in [-0.4, -0.2) is 55.2 Å². The number of carbonyl (C=O) groups is 1. The summed E-state index contributed by atoms with van der Waals surface area (Å²) in [6, 6.07) is 26.9. The molecule has 1 heterocycles. The summed E-state index contributed by atoms with van der Waals surface area (Å²) < 4.78 is 26.4. The van der Waals surface area contributed by atoms with Crippen LogP contribution in [-0.2, 0) is 9.84 Å². The van der Waals surface area contributed by atoms with E-state index in [-0.39, 0.29) is 21.5 Å². The van der Waals surface area contributed by atoms with Crippen LogP contribution in [0.2, 0.25) is 10.0 Å². The van der Waals surface area contributed by atoms with Gasteiger partial charge in [0.25, 0.3) is 11.6 Å². The second-order valence-corrected chi connectivity index (χ2v) is 12.3. The zero-order chi connectivity index (χ0) is 29.1. The van der Waals surface area contributed by atoms with Crippen molar-refractivity contribution in [3.63, 3.8) is 0 Å². The molecule has 41 heavy (non-hydrogen) atoms. The van der Waals surface area contributed by atoms with E-state index in [0.29, 0.717) is 31.2 Å². The number of rotatable bonds is 7. The molecule has 5 rings (SSSR count). The van der Waals surface area contributed by atoms with Crippen molar-refractivity contribution in [1.29, 1.82) is 0 Å². The number of hydrogen-bond acceptors (Lipinski definition) is 6. The van der Waals surface area contributed by atoms with Gasteiger partial charge in [0.15, 0.2) is 0 Å². The maximum absolute atomic E-state index is 13.4. The minimum absolute atomic E-state index is 0.0406. The first kappa shape index (κ1) is 28.8. The minimum atomic E-state index is -4.30. The predicted octanol–water partition coefficient (Wildman–Crippen LogP) is 6.28. The Balaban J connectivity index is 1.37. The molecule has 8 nitrogen and oxygen atoms in total. The van der Waals surface area contributed by atoms with E-state index >= 15 is 0 Å². The maximum atomic E-state index is 13.4. The molecule has 1 aliphatic heterocycles. The maximum Gasteiger partial charge on any atom is 0.289 e. The summed E-state index contributed by atoms with van der Waals surface area (Å²) in [5.74, 6) is -0.405. The van der Waals surface area contributed by atoms with E-state index in [1.807, 2.05) is 42.5 Å². The second-order valence-electron chi connectivity index (χ2n) is 9.57. The Labute approximate surface area is 247 Å². The first-order valence-electron chi connectivity index (χ1n) is 12.8. The zero-order valence-corrected chi connectivity index (χ0v) is 24.0. The van der Waals surface area contributed by atoms with Crippen molar-refractivity contribution in [2.45, 2.75) is 15.8 Å². The fourth-order valence-corrected chi connectivity index (χ4v) is 7.10. The summed E-state index contributed by atoms with van der Waals surface area (Å²) in [5, 5.41) is 12.5. The van der Waals surface area contributed by atoms with E-state index < -0.39 is 31.3 Å². The fourth-order valence-electron chi connectivity index (χ4n) is 5.06. The molecule has 1 atom stereocenters. The van der Waals surface area contributed by atoms with Crippen LogP contribution in [0.5, 0.6) is 0 Å². The van der Waals surface area contributed by atoms with Gasteiger partial charge in [-0.15, -0.1) is 0 Å². The SMILES string of the molecule is O=C(c1ccc(S(=O)(=O)c2ccccc2Cl)c([N+](=O)[O-])c1)N1CCN(C(c2ccccc2)c2ccc(Cl)cc2)CC1. The van der Waals surface area contributed by atoms with Gasteiger partial charge in [0.1, 0.15) is 4.90 Å². The average molecular weight is 611 g/mol. The molecule has 0 bridgehead atoms. The van der Waals surface area contributed by atoms with Crippen molar-refractivity contribution in [3.8, 4) is 0 Å². The Morgan fingerprint density at radius 1 is 0.780 bits per heavy atom. The lowest BCUT2D eigenvalue weighted by atomic mass is 9.96. The monoisotopic (exact) mass is 609 g/mol. The van der Waals surface area contributed by atoms with E-state index in [2.05, 4.69) is 17.0 Å². The first-order valence-corrected chi connectivity index (χ1v) is 15.0. The molecule has 0 saturated carbocycles. The van der Waals surface area contributed by atoms with Gasteiger partial charge >= 0.3 is 0 Å². The lowest BCUT2D eigenvalue weighted by molar-refractivity contribution is -0.387. The number of sulfone groups is 1. The van der Waals surface area contributed by atoms with Crippen molar-refractivity contribution in [3.05, 3.63) is 134 Å². The predicted molar refractivity (Wildman–Crippen MR) is 157 cm³/mol. The first-order chi connectivity index (χ1) is 19.7. The van der Waals surface area contributed by atoms with Crippen molar-refractivity contribution in [2.75, 3.05) is 26.2 Å². The molecule has 1 unspecified atom stereocenters. The van der Waals surface area contributed by atoms with Gasteiger partial charge < -0.3 is 4.90 Å². The summed E-state index contributed by atoms with van der Waals surface area (Å²) in [4.78, 5) is 27.7. The van der Waals surface area contributed by atoms with E-state index in [1.165, 1.54) is 24.3 Å². The molecule has 0 radical (unpaired) electrons. The summed E-state index contributed by atoms with van der Waals surface area (Å²) in [7, 11) is -4.30. The van der Waals surface area contributed by atoms with E-state index in [1.54, 1.807) is 11.0 Å². The molecule has 1 saturated heterocycles. The molecule has 1 fully saturated rings. The number of carbonyl (C=O) groups excluding carboxylic acids is 1. The van der Waals surface area contributed by atoms with Crippen LogP contribution >= 0.6 is 23.2 Å². The third-order valence-corrected chi connectivity index (χ3v) is 9.64. The average Bonchev–Trinajstić information content (AvgIpc) is 2.98. The van der Waals surface area contributed by atoms with Gasteiger partial charge in [-0.2, -0.15) is 0 Å². The quantitative estimate of drug-likeness (QED) is 0.180. The third-order valence-electron chi connectivity index (χ3n) is 7.09. The number of nitrogens with zero attached hydrogens (tertiary/aromatic N) is 3. The van der Waals surface area contributed by atoms with Gasteiger partial charge in [-0.25, -0.2) is 8.42 Å². The smallest absolute Gasteiger partial charge is 0.289 e. The van der Waals surface area contributed by atoms with Crippen molar-refractivity contribution in [2.24, 2.45) is 0 Å². The number of amides is 1. The molecule has 0 spiro atoms. The summed E-state index contributed by atoms with van der Waals surface area (Å²) in [5.41, 5.74) is 1.55. The number of halogens is 2. The normalized spacial score (nSPS) is 14.9. The van der Waals surface area contributed by atoms with Crippen LogP contribution in [0.3, 0.4) is 0 Å². The van der Waals surface area contributed by atoms with Gasteiger partial charge in [-0.1, -0.05) is 77.8 Å². The van der Waals surface area contributed by atoms with Crippen LogP contribution in [0.4, 0.5) is 5.69 Å². The Morgan fingerprint density at radius 2 is 1.39 bits per heavy atom. The van der Waals surface area contributed by atoms with E-state index in [4.69, 9.17) is 23.2 Å². The molecule has 11 heteroatoms. The molecule has 1 aliphatic rings. The highest BCUT2D eigenvalue weighted by atomic mass is 35.5. The van der Waals surface area contributed by atoms with Crippen LogP contribution in [0.15, 0.2) is 107 Å². The largest absolute Gasteiger partial charge is 0.336 e. The van der Waals surface area contributed by atoms with Crippen LogP contribution in [0, 0.1) is 10.1 Å². The molecule has 210 valence electrons. The number of nitro benzene ring substituents is 1. The lowest BCUT2D eigenvalue weighted by Crippen LogP contribution is -2.49. The summed E-state index contributed by atoms with van der Waals surface area (Å²) in [6.07, 6.45) is 0. The molecule has 0 aromatic heterocycles. The molecular formula is C30H25Cl2N3O5S. The number of nitro groups is 1. The molecule has 0 N–H and O–H groups in total. The Hall–Kier alpha value is -3.76. The molecule has 4 aromatic rings. The standard InChI is InChI=1S/C30H25Cl2N3O5S/c31-24-13-10-22(11-14-24)29(21-6-2-1-3-7-21)33-16-18-34(19-17-33)30(36)23-12-15-28(26(20-23)35(37)38)41(39,40)27-9-5-4-8-25(27)32/h1-15,20,29H,16-19H2. The molecular weight excluding hydrogens is 585 g/mol. The summed E-state index contributed by atoms with van der Waals surface area (Å²) in [6.45, 7) is 1.91. The van der Waals surface area contributed by atoms with Crippen LogP contribution in [0.1, 0.15) is 27.5 Å². The van der Waals surface area contributed by atoms with Gasteiger partial charge in [-0.3, -0.25) is 19.8 Å². The third kappa shape index (κ3) is 5.99. The Bertz CT molecular complexity index is 1690. The van der Waals surface area contributed by atoms with E-state index in [9.17, 15) is 23.3 Å². The Kier molecular flexibility index (Phi) is 8.42. The highest BCUT2D eigenvalue weighted by Crippen LogP contribution is 2.34. The highest BCUT2D eigenvalue weighted by Gasteiger charge is 2.32. The van der Waals surface area contributed by atoms with Crippen LogP contribution < -0.4 is 0 Å². The molecule has 4 aromatic carbocycles. The van der Waals surface area contributed by atoms with Crippen molar-refractivity contribution in [1.82, 2.24) is 9.80 Å². The van der Waals surface area contributed by atoms with Gasteiger partial charge in [-0.05, 0) is 47.5 Å². The van der Waals surface area contributed by atoms with Crippen molar-refractivity contribution >= 4 is 44.6 Å². The number of piperazine rings is 1. The zero-order valence-electron chi connectivity index (χ0n) is 21.7. The molecule has 0 aliphatic carbocycles. The Morgan fingerprint density at radius 3 is 2.02 bits per heavy atom. The van der Waals surface area contributed by atoms with Crippen LogP contribution in [0.25, 0.3) is 0 Å². The lowest BCUT2D eigenvalue weighted by Gasteiger charge is -2.39. The topological polar surface area (TPSA) is 101 Å². The minimum Gasteiger partial charge on any atom is -0.336 e. The number of benzene rings is 4. The van der Waals surface area contributed by atoms with Gasteiger partial charge in [0, 0.05) is 42.8 Å². The van der Waals surface area contributed by atoms with Gasteiger partial charge in [0.05, 0.1) is 20.9 Å². The highest BCUT2D eigenvalue weighted by molar-refractivity contribution is 7.91. The van der Waals surface area contributed by atoms with E-state index in [0.717, 1.165) is 23.3 Å². The molecule has 1 amide bonds. The fraction of sp³-hybridized carbons (Fsp3) is 0.167. The number of hydrogen-bond donors (Lipinski definition) is 0. The second kappa shape index (κ2) is 12.0. The van der Waals surface area contributed by atoms with Crippen molar-refractivity contribution < 1.29 is 18.1 Å². The summed E-state index contributed by atoms with van der Waals surface area (Å²) >= 11 is 12.2. The van der Waals surface area contributed by atoms with Gasteiger partial charge in [0.2, 0.25) is 9.84 Å².